The summed E-state index contributed by atoms with van der Waals surface area (Å²) in [5, 5.41) is 0. The topological polar surface area (TPSA) is 72.4 Å². The van der Waals surface area contributed by atoms with Gasteiger partial charge in [0.05, 0.1) is 7.11 Å². The molecular weight excluding hydrogens is 363 g/mol. The van der Waals surface area contributed by atoms with Crippen LogP contribution in [0, 0.1) is 5.82 Å². The minimum Gasteiger partial charge on any atom is -0.464 e. The molecule has 1 fully saturated rings. The number of alkyl halides is 2. The fourth-order valence-electron chi connectivity index (χ4n) is 2.84. The molecule has 27 heavy (non-hydrogen) atoms. The number of carbonyl (C=O) groups excluding carboxylic acids is 2. The van der Waals surface area contributed by atoms with Gasteiger partial charge in [-0.05, 0) is 24.3 Å². The van der Waals surface area contributed by atoms with E-state index in [1.54, 1.807) is 4.90 Å². The Morgan fingerprint density at radius 1 is 1.19 bits per heavy atom. The van der Waals surface area contributed by atoms with E-state index in [2.05, 4.69) is 14.7 Å². The maximum Gasteiger partial charge on any atom is 0.359 e. The van der Waals surface area contributed by atoms with Crippen molar-refractivity contribution in [1.29, 1.82) is 0 Å². The average molecular weight is 379 g/mol. The van der Waals surface area contributed by atoms with Gasteiger partial charge in [-0.1, -0.05) is 0 Å². The maximum absolute atomic E-state index is 13.5. The normalized spacial score (nSPS) is 16.1. The van der Waals surface area contributed by atoms with Crippen molar-refractivity contribution in [3.63, 3.8) is 0 Å². The Hall–Kier alpha value is -2.97. The molecular formula is C18H16F3N3O3. The van der Waals surface area contributed by atoms with Gasteiger partial charge >= 0.3 is 5.97 Å². The highest BCUT2D eigenvalue weighted by Gasteiger charge is 2.36. The van der Waals surface area contributed by atoms with E-state index in [9.17, 15) is 22.8 Å². The quantitative estimate of drug-likeness (QED) is 0.600. The smallest absolute Gasteiger partial charge is 0.359 e. The highest BCUT2D eigenvalue weighted by molar-refractivity contribution is 5.96. The van der Waals surface area contributed by atoms with Gasteiger partial charge in [0.1, 0.15) is 17.2 Å². The van der Waals surface area contributed by atoms with Gasteiger partial charge in [0, 0.05) is 31.5 Å². The summed E-state index contributed by atoms with van der Waals surface area (Å²) in [7, 11) is 1.14. The van der Waals surface area contributed by atoms with Crippen molar-refractivity contribution >= 4 is 18.1 Å². The third-order valence-electron chi connectivity index (χ3n) is 4.31. The number of rotatable bonds is 4. The summed E-state index contributed by atoms with van der Waals surface area (Å²) in [4.78, 5) is 33.3. The molecule has 0 aliphatic carbocycles. The van der Waals surface area contributed by atoms with Gasteiger partial charge in [-0.15, -0.1) is 0 Å². The van der Waals surface area contributed by atoms with E-state index in [1.165, 1.54) is 24.3 Å². The van der Waals surface area contributed by atoms with Crippen molar-refractivity contribution in [3.05, 3.63) is 41.5 Å². The average Bonchev–Trinajstić information content (AvgIpc) is 2.67. The number of aromatic nitrogens is 2. The van der Waals surface area contributed by atoms with Crippen LogP contribution in [0.2, 0.25) is 0 Å². The van der Waals surface area contributed by atoms with Crippen LogP contribution in [-0.2, 0) is 4.74 Å². The van der Waals surface area contributed by atoms with Crippen LogP contribution >= 0.6 is 0 Å². The Balaban J connectivity index is 2.13. The van der Waals surface area contributed by atoms with Crippen molar-refractivity contribution in [2.24, 2.45) is 0 Å². The molecule has 0 amide bonds. The SMILES string of the molecule is COC(=O)c1nc(-c2ccc(F)cc2)c(N2CCC(F)(F)CC2)nc1C=O. The summed E-state index contributed by atoms with van der Waals surface area (Å²) in [6.07, 6.45) is -0.380. The summed E-state index contributed by atoms with van der Waals surface area (Å²) >= 11 is 0. The molecule has 142 valence electrons. The Morgan fingerprint density at radius 2 is 1.81 bits per heavy atom. The molecule has 1 aliphatic heterocycles. The predicted octanol–water partition coefficient (Wildman–Crippen LogP) is 3.12. The summed E-state index contributed by atoms with van der Waals surface area (Å²) in [6.45, 7) is 0.0114. The first-order chi connectivity index (χ1) is 12.8. The molecule has 0 radical (unpaired) electrons. The predicted molar refractivity (Wildman–Crippen MR) is 90.5 cm³/mol. The molecule has 0 saturated carbocycles. The number of nitrogens with zero attached hydrogens (tertiary/aromatic N) is 3. The van der Waals surface area contributed by atoms with E-state index in [1.807, 2.05) is 0 Å². The molecule has 1 aliphatic rings. The first-order valence-electron chi connectivity index (χ1n) is 8.19. The lowest BCUT2D eigenvalue weighted by molar-refractivity contribution is -0.0221. The van der Waals surface area contributed by atoms with E-state index in [-0.39, 0.29) is 48.8 Å². The van der Waals surface area contributed by atoms with E-state index in [0.717, 1.165) is 7.11 Å². The van der Waals surface area contributed by atoms with Crippen LogP contribution < -0.4 is 4.90 Å². The second-order valence-corrected chi connectivity index (χ2v) is 6.09. The zero-order valence-electron chi connectivity index (χ0n) is 14.4. The number of carbonyl (C=O) groups is 2. The van der Waals surface area contributed by atoms with E-state index < -0.39 is 17.7 Å². The van der Waals surface area contributed by atoms with E-state index in [4.69, 9.17) is 0 Å². The number of anilines is 1. The van der Waals surface area contributed by atoms with Crippen LogP contribution in [0.25, 0.3) is 11.3 Å². The molecule has 6 nitrogen and oxygen atoms in total. The highest BCUT2D eigenvalue weighted by Crippen LogP contribution is 2.34. The molecule has 1 aromatic heterocycles. The summed E-state index contributed by atoms with van der Waals surface area (Å²) in [5.74, 6) is -3.90. The largest absolute Gasteiger partial charge is 0.464 e. The molecule has 3 rings (SSSR count). The third-order valence-corrected chi connectivity index (χ3v) is 4.31. The van der Waals surface area contributed by atoms with Crippen LogP contribution in [0.4, 0.5) is 19.0 Å². The van der Waals surface area contributed by atoms with Gasteiger partial charge in [-0.3, -0.25) is 4.79 Å². The number of esters is 1. The van der Waals surface area contributed by atoms with Crippen LogP contribution in [0.3, 0.4) is 0 Å². The number of piperidine rings is 1. The molecule has 0 unspecified atom stereocenters. The van der Waals surface area contributed by atoms with Crippen molar-refractivity contribution in [2.45, 2.75) is 18.8 Å². The van der Waals surface area contributed by atoms with Crippen LogP contribution in [0.5, 0.6) is 0 Å². The fourth-order valence-corrected chi connectivity index (χ4v) is 2.84. The minimum absolute atomic E-state index is 0.00570. The lowest BCUT2D eigenvalue weighted by Gasteiger charge is -2.33. The first kappa shape index (κ1) is 18.8. The monoisotopic (exact) mass is 379 g/mol. The maximum atomic E-state index is 13.5. The zero-order chi connectivity index (χ0) is 19.6. The number of ether oxygens (including phenoxy) is 1. The van der Waals surface area contributed by atoms with Gasteiger partial charge in [-0.2, -0.15) is 0 Å². The molecule has 0 atom stereocenters. The Kier molecular flexibility index (Phi) is 5.11. The number of halogens is 3. The third kappa shape index (κ3) is 3.91. The number of hydrogen-bond acceptors (Lipinski definition) is 6. The molecule has 2 heterocycles. The fraction of sp³-hybridized carbons (Fsp3) is 0.333. The Morgan fingerprint density at radius 3 is 2.37 bits per heavy atom. The van der Waals surface area contributed by atoms with Gasteiger partial charge in [0.2, 0.25) is 0 Å². The summed E-state index contributed by atoms with van der Waals surface area (Å²) in [5.41, 5.74) is 0.0722. The van der Waals surface area contributed by atoms with Crippen LogP contribution in [0.15, 0.2) is 24.3 Å². The standard InChI is InChI=1S/C18H16F3N3O3/c1-27-17(26)15-13(10-25)22-16(24-8-6-18(20,21)7-9-24)14(23-15)11-2-4-12(19)5-3-11/h2-5,10H,6-9H2,1H3. The molecule has 1 saturated heterocycles. The number of methoxy groups -OCH3 is 1. The highest BCUT2D eigenvalue weighted by atomic mass is 19.3. The van der Waals surface area contributed by atoms with Crippen LogP contribution in [0.1, 0.15) is 33.8 Å². The number of hydrogen-bond donors (Lipinski definition) is 0. The van der Waals surface area contributed by atoms with E-state index >= 15 is 0 Å². The molecule has 0 spiro atoms. The number of aldehydes is 1. The van der Waals surface area contributed by atoms with Crippen molar-refractivity contribution < 1.29 is 27.5 Å². The first-order valence-corrected chi connectivity index (χ1v) is 8.19. The lowest BCUT2D eigenvalue weighted by Crippen LogP contribution is -2.40. The Bertz CT molecular complexity index is 862. The second-order valence-electron chi connectivity index (χ2n) is 6.09. The molecule has 9 heteroatoms. The van der Waals surface area contributed by atoms with Gasteiger partial charge in [0.25, 0.3) is 5.92 Å². The molecule has 2 aromatic rings. The Labute approximate surface area is 153 Å². The second kappa shape index (κ2) is 7.34. The molecule has 0 bridgehead atoms. The van der Waals surface area contributed by atoms with E-state index in [0.29, 0.717) is 11.8 Å². The van der Waals surface area contributed by atoms with Gasteiger partial charge in [0.15, 0.2) is 17.8 Å². The van der Waals surface area contributed by atoms with Crippen molar-refractivity contribution in [3.8, 4) is 11.3 Å². The lowest BCUT2D eigenvalue weighted by atomic mass is 10.1. The number of benzene rings is 1. The molecule has 1 aromatic carbocycles. The van der Waals surface area contributed by atoms with Crippen molar-refractivity contribution in [1.82, 2.24) is 9.97 Å². The van der Waals surface area contributed by atoms with Crippen LogP contribution in [-0.4, -0.2) is 48.3 Å². The molecule has 0 N–H and O–H groups in total. The van der Waals surface area contributed by atoms with Gasteiger partial charge in [-0.25, -0.2) is 27.9 Å². The van der Waals surface area contributed by atoms with Gasteiger partial charge < -0.3 is 9.64 Å². The minimum atomic E-state index is -2.76. The summed E-state index contributed by atoms with van der Waals surface area (Å²) in [6, 6.07) is 5.28. The zero-order valence-corrected chi connectivity index (χ0v) is 14.4. The summed E-state index contributed by atoms with van der Waals surface area (Å²) < 4.78 is 44.9. The van der Waals surface area contributed by atoms with Crippen molar-refractivity contribution in [2.75, 3.05) is 25.1 Å².